The number of primary amides is 1. The number of amides is 2. The van der Waals surface area contributed by atoms with Gasteiger partial charge in [-0.15, -0.1) is 0 Å². The maximum absolute atomic E-state index is 11.9. The van der Waals surface area contributed by atoms with E-state index >= 15 is 0 Å². The van der Waals surface area contributed by atoms with Crippen LogP contribution in [-0.4, -0.2) is 22.0 Å². The number of H-pyrrole nitrogens is 1. The Labute approximate surface area is 130 Å². The molecule has 1 unspecified atom stereocenters. The van der Waals surface area contributed by atoms with Crippen LogP contribution in [0.15, 0.2) is 30.7 Å². The second-order valence-corrected chi connectivity index (χ2v) is 6.10. The van der Waals surface area contributed by atoms with Crippen LogP contribution < -0.4 is 10.6 Å². The average Bonchev–Trinajstić information content (AvgIpc) is 3.00. The molecule has 3 N–H and O–H groups in total. The maximum atomic E-state index is 11.9. The predicted octanol–water partition coefficient (Wildman–Crippen LogP) is 3.17. The number of aromatic amines is 1. The molecule has 1 aliphatic rings. The number of carbonyl (C=O) groups is 1. The lowest BCUT2D eigenvalue weighted by atomic mass is 9.80. The van der Waals surface area contributed by atoms with Gasteiger partial charge < -0.3 is 10.7 Å². The van der Waals surface area contributed by atoms with Crippen LogP contribution in [0.25, 0.3) is 0 Å². The number of aromatic nitrogens is 2. The van der Waals surface area contributed by atoms with Crippen molar-refractivity contribution in [2.75, 3.05) is 4.90 Å². The molecule has 0 bridgehead atoms. The first kappa shape index (κ1) is 14.6. The number of benzene rings is 1. The van der Waals surface area contributed by atoms with Gasteiger partial charge in [-0.2, -0.15) is 0 Å². The van der Waals surface area contributed by atoms with Gasteiger partial charge in [-0.05, 0) is 50.3 Å². The molecule has 1 aromatic heterocycles. The summed E-state index contributed by atoms with van der Waals surface area (Å²) in [4.78, 5) is 20.9. The molecule has 116 valence electrons. The van der Waals surface area contributed by atoms with Crippen molar-refractivity contribution >= 4 is 11.7 Å². The van der Waals surface area contributed by atoms with E-state index < -0.39 is 6.03 Å². The van der Waals surface area contributed by atoms with Crippen LogP contribution in [0.4, 0.5) is 10.5 Å². The minimum Gasteiger partial charge on any atom is -0.351 e. The Balaban J connectivity index is 2.09. The minimum atomic E-state index is -0.396. The largest absolute Gasteiger partial charge is 0.351 e. The first-order valence-electron chi connectivity index (χ1n) is 7.78. The molecule has 0 spiro atoms. The van der Waals surface area contributed by atoms with Crippen LogP contribution in [0.1, 0.15) is 49.4 Å². The lowest BCUT2D eigenvalue weighted by Crippen LogP contribution is -2.41. The van der Waals surface area contributed by atoms with E-state index in [4.69, 9.17) is 5.73 Å². The molecule has 1 heterocycles. The van der Waals surface area contributed by atoms with E-state index in [9.17, 15) is 4.79 Å². The second kappa shape index (κ2) is 5.83. The highest BCUT2D eigenvalue weighted by molar-refractivity contribution is 5.92. The molecule has 22 heavy (non-hydrogen) atoms. The van der Waals surface area contributed by atoms with E-state index in [-0.39, 0.29) is 6.04 Å². The van der Waals surface area contributed by atoms with E-state index in [1.165, 1.54) is 11.1 Å². The lowest BCUT2D eigenvalue weighted by molar-refractivity contribution is 0.252. The van der Waals surface area contributed by atoms with Gasteiger partial charge in [0.2, 0.25) is 0 Å². The molecule has 1 aliphatic carbocycles. The average molecular weight is 298 g/mol. The zero-order valence-corrected chi connectivity index (χ0v) is 13.0. The van der Waals surface area contributed by atoms with E-state index in [1.54, 1.807) is 11.2 Å². The van der Waals surface area contributed by atoms with Crippen molar-refractivity contribution in [2.24, 2.45) is 5.73 Å². The molecule has 5 heteroatoms. The Hall–Kier alpha value is -2.30. The summed E-state index contributed by atoms with van der Waals surface area (Å²) < 4.78 is 0. The van der Waals surface area contributed by atoms with Gasteiger partial charge in [-0.1, -0.05) is 12.1 Å². The molecule has 2 amide bonds. The number of urea groups is 1. The number of rotatable bonds is 3. The summed E-state index contributed by atoms with van der Waals surface area (Å²) in [6.45, 7) is 3.97. The summed E-state index contributed by atoms with van der Waals surface area (Å²) in [6.07, 6.45) is 6.78. The summed E-state index contributed by atoms with van der Waals surface area (Å²) >= 11 is 0. The first-order valence-corrected chi connectivity index (χ1v) is 7.78. The van der Waals surface area contributed by atoms with E-state index in [0.29, 0.717) is 5.92 Å². The SMILES string of the molecule is CC(C)N(C(N)=O)c1cccc2c1CCCC2c1cnc[nH]1. The van der Waals surface area contributed by atoms with Crippen LogP contribution >= 0.6 is 0 Å². The Morgan fingerprint density at radius 2 is 2.27 bits per heavy atom. The minimum absolute atomic E-state index is 0.0385. The molecule has 3 rings (SSSR count). The summed E-state index contributed by atoms with van der Waals surface area (Å²) in [5.74, 6) is 0.313. The van der Waals surface area contributed by atoms with E-state index in [0.717, 1.165) is 30.6 Å². The van der Waals surface area contributed by atoms with Crippen molar-refractivity contribution in [3.63, 3.8) is 0 Å². The third-order valence-electron chi connectivity index (χ3n) is 4.39. The van der Waals surface area contributed by atoms with Gasteiger partial charge in [-0.25, -0.2) is 9.78 Å². The molecule has 0 saturated heterocycles. The fourth-order valence-electron chi connectivity index (χ4n) is 3.49. The standard InChI is InChI=1S/C17H22N4O/c1-11(2)21(17(18)22)16-8-4-5-12-13(6-3-7-14(12)16)15-9-19-10-20-15/h4-5,8-11,13H,3,6-7H2,1-2H3,(H2,18,22)(H,19,20). The van der Waals surface area contributed by atoms with Crippen LogP contribution in [0, 0.1) is 0 Å². The highest BCUT2D eigenvalue weighted by Crippen LogP contribution is 2.40. The van der Waals surface area contributed by atoms with Crippen LogP contribution in [-0.2, 0) is 6.42 Å². The molecule has 2 aromatic rings. The van der Waals surface area contributed by atoms with E-state index in [2.05, 4.69) is 16.0 Å². The topological polar surface area (TPSA) is 75.0 Å². The van der Waals surface area contributed by atoms with Crippen molar-refractivity contribution in [3.8, 4) is 0 Å². The molecule has 0 fully saturated rings. The van der Waals surface area contributed by atoms with Gasteiger partial charge in [0.1, 0.15) is 0 Å². The van der Waals surface area contributed by atoms with Crippen molar-refractivity contribution in [1.82, 2.24) is 9.97 Å². The number of nitrogens with zero attached hydrogens (tertiary/aromatic N) is 2. The van der Waals surface area contributed by atoms with Crippen molar-refractivity contribution in [2.45, 2.75) is 45.1 Å². The highest BCUT2D eigenvalue weighted by atomic mass is 16.2. The number of hydrogen-bond donors (Lipinski definition) is 2. The number of fused-ring (bicyclic) bond motifs is 1. The number of imidazole rings is 1. The molecular formula is C17H22N4O. The fraction of sp³-hybridized carbons (Fsp3) is 0.412. The summed E-state index contributed by atoms with van der Waals surface area (Å²) in [7, 11) is 0. The predicted molar refractivity (Wildman–Crippen MR) is 87.0 cm³/mol. The third-order valence-corrected chi connectivity index (χ3v) is 4.39. The summed E-state index contributed by atoms with van der Waals surface area (Å²) in [6, 6.07) is 5.81. The highest BCUT2D eigenvalue weighted by Gasteiger charge is 2.28. The quantitative estimate of drug-likeness (QED) is 0.913. The Kier molecular flexibility index (Phi) is 3.88. The van der Waals surface area contributed by atoms with Crippen molar-refractivity contribution in [1.29, 1.82) is 0 Å². The molecule has 1 atom stereocenters. The fourth-order valence-corrected chi connectivity index (χ4v) is 3.49. The smallest absolute Gasteiger partial charge is 0.319 e. The summed E-state index contributed by atoms with van der Waals surface area (Å²) in [5.41, 5.74) is 10.2. The molecule has 5 nitrogen and oxygen atoms in total. The van der Waals surface area contributed by atoms with E-state index in [1.807, 2.05) is 32.2 Å². The van der Waals surface area contributed by atoms with Crippen LogP contribution in [0.5, 0.6) is 0 Å². The van der Waals surface area contributed by atoms with Gasteiger partial charge in [0, 0.05) is 29.5 Å². The Bertz CT molecular complexity index is 663. The normalized spacial score (nSPS) is 17.3. The van der Waals surface area contributed by atoms with Gasteiger partial charge in [-0.3, -0.25) is 4.90 Å². The van der Waals surface area contributed by atoms with Gasteiger partial charge in [0.25, 0.3) is 0 Å². The molecular weight excluding hydrogens is 276 g/mol. The number of anilines is 1. The van der Waals surface area contributed by atoms with Crippen molar-refractivity contribution < 1.29 is 4.79 Å². The molecule has 1 aromatic carbocycles. The van der Waals surface area contributed by atoms with Crippen molar-refractivity contribution in [3.05, 3.63) is 47.5 Å². The zero-order chi connectivity index (χ0) is 15.7. The van der Waals surface area contributed by atoms with Crippen LogP contribution in [0.2, 0.25) is 0 Å². The molecule has 0 aliphatic heterocycles. The number of carbonyl (C=O) groups excluding carboxylic acids is 1. The van der Waals surface area contributed by atoms with Crippen LogP contribution in [0.3, 0.4) is 0 Å². The number of nitrogens with one attached hydrogen (secondary N) is 1. The van der Waals surface area contributed by atoms with Gasteiger partial charge >= 0.3 is 6.03 Å². The number of nitrogens with two attached hydrogens (primary N) is 1. The van der Waals surface area contributed by atoms with Gasteiger partial charge in [0.15, 0.2) is 0 Å². The number of hydrogen-bond acceptors (Lipinski definition) is 2. The maximum Gasteiger partial charge on any atom is 0.319 e. The first-order chi connectivity index (χ1) is 10.6. The van der Waals surface area contributed by atoms with Gasteiger partial charge in [0.05, 0.1) is 6.33 Å². The molecule has 0 saturated carbocycles. The molecule has 0 radical (unpaired) electrons. The lowest BCUT2D eigenvalue weighted by Gasteiger charge is -2.32. The zero-order valence-electron chi connectivity index (χ0n) is 13.0. The Morgan fingerprint density at radius 3 is 2.91 bits per heavy atom. The summed E-state index contributed by atoms with van der Waals surface area (Å²) in [5, 5.41) is 0. The third kappa shape index (κ3) is 2.47. The second-order valence-electron chi connectivity index (χ2n) is 6.10. The Morgan fingerprint density at radius 1 is 1.45 bits per heavy atom. The monoisotopic (exact) mass is 298 g/mol.